The molecule has 2 N–H and O–H groups in total. The third kappa shape index (κ3) is 7.23. The van der Waals surface area contributed by atoms with Crippen LogP contribution in [0.15, 0.2) is 0 Å². The second-order valence-corrected chi connectivity index (χ2v) is 4.20. The molecule has 0 saturated carbocycles. The molecule has 1 unspecified atom stereocenters. The van der Waals surface area contributed by atoms with Gasteiger partial charge in [-0.25, -0.2) is 0 Å². The number of rotatable bonds is 6. The maximum absolute atomic E-state index is 11.3. The molecule has 5 nitrogen and oxygen atoms in total. The summed E-state index contributed by atoms with van der Waals surface area (Å²) >= 11 is 0. The highest BCUT2D eigenvalue weighted by atomic mass is 16.2. The Bertz CT molecular complexity index is 229. The first-order chi connectivity index (χ1) is 7.47. The van der Waals surface area contributed by atoms with Crippen LogP contribution >= 0.6 is 0 Å². The van der Waals surface area contributed by atoms with E-state index >= 15 is 0 Å². The summed E-state index contributed by atoms with van der Waals surface area (Å²) < 4.78 is 0. The van der Waals surface area contributed by atoms with Gasteiger partial charge in [-0.1, -0.05) is 6.92 Å². The molecular formula is C11H23N3O2. The molecule has 0 rings (SSSR count). The van der Waals surface area contributed by atoms with Gasteiger partial charge in [0.1, 0.15) is 0 Å². The van der Waals surface area contributed by atoms with Gasteiger partial charge in [-0.2, -0.15) is 0 Å². The van der Waals surface area contributed by atoms with Crippen molar-refractivity contribution in [2.45, 2.75) is 32.7 Å². The molecular weight excluding hydrogens is 206 g/mol. The summed E-state index contributed by atoms with van der Waals surface area (Å²) in [5, 5.41) is 5.21. The molecule has 0 aromatic rings. The molecule has 0 radical (unpaired) electrons. The molecule has 0 aromatic carbocycles. The lowest BCUT2D eigenvalue weighted by molar-refractivity contribution is -0.139. The number of hydrogen-bond acceptors (Lipinski definition) is 3. The first kappa shape index (κ1) is 14.9. The molecule has 0 aromatic heterocycles. The molecule has 1 atom stereocenters. The van der Waals surface area contributed by atoms with Gasteiger partial charge in [-0.3, -0.25) is 9.59 Å². The van der Waals surface area contributed by atoms with Crippen molar-refractivity contribution in [2.75, 3.05) is 27.2 Å². The SMILES string of the molecule is CCC(C)NC(=O)C(=O)NCCCN(C)C. The number of amides is 2. The molecule has 5 heteroatoms. The summed E-state index contributed by atoms with van der Waals surface area (Å²) in [5.41, 5.74) is 0. The predicted molar refractivity (Wildman–Crippen MR) is 64.1 cm³/mol. The average Bonchev–Trinajstić information content (AvgIpc) is 2.23. The van der Waals surface area contributed by atoms with Gasteiger partial charge >= 0.3 is 11.8 Å². The zero-order valence-corrected chi connectivity index (χ0v) is 10.7. The minimum atomic E-state index is -0.543. The molecule has 0 heterocycles. The van der Waals surface area contributed by atoms with Gasteiger partial charge in [-0.05, 0) is 40.4 Å². The summed E-state index contributed by atoms with van der Waals surface area (Å²) in [6.07, 6.45) is 1.66. The van der Waals surface area contributed by atoms with E-state index in [1.807, 2.05) is 32.8 Å². The third-order valence-electron chi connectivity index (χ3n) is 2.26. The summed E-state index contributed by atoms with van der Waals surface area (Å²) in [7, 11) is 3.94. The Morgan fingerprint density at radius 2 is 1.88 bits per heavy atom. The van der Waals surface area contributed by atoms with Crippen molar-refractivity contribution in [1.82, 2.24) is 15.5 Å². The van der Waals surface area contributed by atoms with Crippen molar-refractivity contribution < 1.29 is 9.59 Å². The number of hydrogen-bond donors (Lipinski definition) is 2. The fourth-order valence-electron chi connectivity index (χ4n) is 1.07. The lowest BCUT2D eigenvalue weighted by Crippen LogP contribution is -2.43. The number of nitrogens with one attached hydrogen (secondary N) is 2. The molecule has 0 fully saturated rings. The van der Waals surface area contributed by atoms with Crippen molar-refractivity contribution >= 4 is 11.8 Å². The Morgan fingerprint density at radius 1 is 1.25 bits per heavy atom. The lowest BCUT2D eigenvalue weighted by Gasteiger charge is -2.12. The van der Waals surface area contributed by atoms with E-state index in [4.69, 9.17) is 0 Å². The van der Waals surface area contributed by atoms with E-state index in [1.165, 1.54) is 0 Å². The fourth-order valence-corrected chi connectivity index (χ4v) is 1.07. The van der Waals surface area contributed by atoms with Crippen LogP contribution in [-0.4, -0.2) is 49.9 Å². The van der Waals surface area contributed by atoms with Gasteiger partial charge in [0.15, 0.2) is 0 Å². The minimum Gasteiger partial charge on any atom is -0.348 e. The summed E-state index contributed by atoms with van der Waals surface area (Å²) in [5.74, 6) is -1.08. The molecule has 0 bridgehead atoms. The molecule has 0 saturated heterocycles. The maximum atomic E-state index is 11.3. The number of carbonyl (C=O) groups is 2. The van der Waals surface area contributed by atoms with Crippen LogP contribution in [0.4, 0.5) is 0 Å². The van der Waals surface area contributed by atoms with Crippen molar-refractivity contribution in [3.63, 3.8) is 0 Å². The van der Waals surface area contributed by atoms with Crippen LogP contribution in [0.1, 0.15) is 26.7 Å². The zero-order chi connectivity index (χ0) is 12.6. The second-order valence-electron chi connectivity index (χ2n) is 4.20. The second kappa shape index (κ2) is 8.10. The van der Waals surface area contributed by atoms with Crippen molar-refractivity contribution in [2.24, 2.45) is 0 Å². The van der Waals surface area contributed by atoms with Gasteiger partial charge in [0.2, 0.25) is 0 Å². The number of carbonyl (C=O) groups excluding carboxylic acids is 2. The van der Waals surface area contributed by atoms with Gasteiger partial charge in [0.05, 0.1) is 0 Å². The summed E-state index contributed by atoms with van der Waals surface area (Å²) in [6.45, 7) is 5.26. The molecule has 94 valence electrons. The van der Waals surface area contributed by atoms with Gasteiger partial charge in [-0.15, -0.1) is 0 Å². The first-order valence-corrected chi connectivity index (χ1v) is 5.70. The van der Waals surface area contributed by atoms with E-state index in [0.717, 1.165) is 19.4 Å². The zero-order valence-electron chi connectivity index (χ0n) is 10.7. The van der Waals surface area contributed by atoms with Gasteiger partial charge in [0.25, 0.3) is 0 Å². The van der Waals surface area contributed by atoms with Crippen molar-refractivity contribution in [3.05, 3.63) is 0 Å². The van der Waals surface area contributed by atoms with Gasteiger partial charge < -0.3 is 15.5 Å². The summed E-state index contributed by atoms with van der Waals surface area (Å²) in [4.78, 5) is 24.6. The van der Waals surface area contributed by atoms with Crippen LogP contribution in [0.3, 0.4) is 0 Å². The smallest absolute Gasteiger partial charge is 0.309 e. The molecule has 0 aliphatic carbocycles. The van der Waals surface area contributed by atoms with Crippen LogP contribution < -0.4 is 10.6 Å². The van der Waals surface area contributed by atoms with Crippen LogP contribution in [0.25, 0.3) is 0 Å². The number of nitrogens with zero attached hydrogens (tertiary/aromatic N) is 1. The predicted octanol–water partition coefficient (Wildman–Crippen LogP) is -0.0310. The Kier molecular flexibility index (Phi) is 7.54. The van der Waals surface area contributed by atoms with Crippen molar-refractivity contribution in [1.29, 1.82) is 0 Å². The van der Waals surface area contributed by atoms with E-state index in [0.29, 0.717) is 6.54 Å². The minimum absolute atomic E-state index is 0.0417. The van der Waals surface area contributed by atoms with E-state index in [1.54, 1.807) is 0 Å². The van der Waals surface area contributed by atoms with Crippen LogP contribution in [0.5, 0.6) is 0 Å². The van der Waals surface area contributed by atoms with E-state index in [2.05, 4.69) is 10.6 Å². The van der Waals surface area contributed by atoms with E-state index in [9.17, 15) is 9.59 Å². The lowest BCUT2D eigenvalue weighted by atomic mass is 10.2. The average molecular weight is 229 g/mol. The summed E-state index contributed by atoms with van der Waals surface area (Å²) in [6, 6.07) is 0.0417. The standard InChI is InChI=1S/C11H23N3O2/c1-5-9(2)13-11(16)10(15)12-7-6-8-14(3)4/h9H,5-8H2,1-4H3,(H,12,15)(H,13,16). The third-order valence-corrected chi connectivity index (χ3v) is 2.26. The normalized spacial score (nSPS) is 12.3. The fraction of sp³-hybridized carbons (Fsp3) is 0.818. The van der Waals surface area contributed by atoms with Crippen LogP contribution in [0.2, 0.25) is 0 Å². The Labute approximate surface area is 97.6 Å². The Hall–Kier alpha value is -1.10. The van der Waals surface area contributed by atoms with E-state index < -0.39 is 11.8 Å². The maximum Gasteiger partial charge on any atom is 0.309 e. The molecule has 16 heavy (non-hydrogen) atoms. The topological polar surface area (TPSA) is 61.4 Å². The van der Waals surface area contributed by atoms with E-state index in [-0.39, 0.29) is 6.04 Å². The monoisotopic (exact) mass is 229 g/mol. The first-order valence-electron chi connectivity index (χ1n) is 5.70. The Balaban J connectivity index is 3.68. The Morgan fingerprint density at radius 3 is 2.38 bits per heavy atom. The van der Waals surface area contributed by atoms with Crippen LogP contribution in [-0.2, 0) is 9.59 Å². The van der Waals surface area contributed by atoms with Crippen LogP contribution in [0, 0.1) is 0 Å². The molecule has 2 amide bonds. The quantitative estimate of drug-likeness (QED) is 0.496. The molecule has 0 spiro atoms. The van der Waals surface area contributed by atoms with Crippen molar-refractivity contribution in [3.8, 4) is 0 Å². The molecule has 0 aliphatic rings. The molecule has 0 aliphatic heterocycles. The highest BCUT2D eigenvalue weighted by molar-refractivity contribution is 6.35. The highest BCUT2D eigenvalue weighted by Gasteiger charge is 2.14. The largest absolute Gasteiger partial charge is 0.348 e. The highest BCUT2D eigenvalue weighted by Crippen LogP contribution is 1.87. The van der Waals surface area contributed by atoms with Gasteiger partial charge in [0, 0.05) is 12.6 Å².